The molecule has 16 heavy (non-hydrogen) atoms. The Morgan fingerprint density at radius 2 is 2.00 bits per heavy atom. The third kappa shape index (κ3) is 4.27. The first-order valence-electron chi connectivity index (χ1n) is 7.20. The molecular weight excluding hydrogens is 196 g/mol. The molecule has 0 aromatic rings. The lowest BCUT2D eigenvalue weighted by Crippen LogP contribution is -2.22. The van der Waals surface area contributed by atoms with Crippen LogP contribution < -0.4 is 0 Å². The van der Waals surface area contributed by atoms with Crippen molar-refractivity contribution in [3.05, 3.63) is 0 Å². The van der Waals surface area contributed by atoms with E-state index in [4.69, 9.17) is 0 Å². The maximum absolute atomic E-state index is 11.8. The Kier molecular flexibility index (Phi) is 6.08. The van der Waals surface area contributed by atoms with Gasteiger partial charge >= 0.3 is 0 Å². The largest absolute Gasteiger partial charge is 0.299 e. The Morgan fingerprint density at radius 3 is 2.56 bits per heavy atom. The van der Waals surface area contributed by atoms with Crippen molar-refractivity contribution in [2.75, 3.05) is 0 Å². The fourth-order valence-corrected chi connectivity index (χ4v) is 2.87. The molecule has 0 aliphatic heterocycles. The highest BCUT2D eigenvalue weighted by molar-refractivity contribution is 5.81. The molecular formula is C15H28O. The van der Waals surface area contributed by atoms with E-state index in [1.807, 2.05) is 0 Å². The molecule has 0 amide bonds. The second-order valence-corrected chi connectivity index (χ2v) is 5.67. The molecule has 0 N–H and O–H groups in total. The smallest absolute Gasteiger partial charge is 0.135 e. The first-order valence-corrected chi connectivity index (χ1v) is 7.20. The molecule has 1 saturated carbocycles. The first kappa shape index (κ1) is 13.7. The van der Waals surface area contributed by atoms with Crippen molar-refractivity contribution >= 4 is 5.78 Å². The Balaban J connectivity index is 2.39. The zero-order chi connectivity index (χ0) is 12.0. The van der Waals surface area contributed by atoms with Crippen molar-refractivity contribution in [1.82, 2.24) is 0 Å². The molecule has 1 aliphatic carbocycles. The predicted octanol–water partition coefficient (Wildman–Crippen LogP) is 4.60. The van der Waals surface area contributed by atoms with Crippen LogP contribution in [0.25, 0.3) is 0 Å². The maximum Gasteiger partial charge on any atom is 0.135 e. The summed E-state index contributed by atoms with van der Waals surface area (Å²) in [5.74, 6) is 2.56. The summed E-state index contributed by atoms with van der Waals surface area (Å²) in [4.78, 5) is 11.8. The number of hydrogen-bond acceptors (Lipinski definition) is 1. The molecule has 0 aromatic heterocycles. The Labute approximate surface area is 101 Å². The fourth-order valence-electron chi connectivity index (χ4n) is 2.87. The van der Waals surface area contributed by atoms with Gasteiger partial charge in [0.25, 0.3) is 0 Å². The van der Waals surface area contributed by atoms with E-state index in [0.29, 0.717) is 11.7 Å². The van der Waals surface area contributed by atoms with Crippen LogP contribution in [0.4, 0.5) is 0 Å². The van der Waals surface area contributed by atoms with Gasteiger partial charge in [-0.05, 0) is 37.5 Å². The lowest BCUT2D eigenvalue weighted by atomic mass is 9.78. The highest BCUT2D eigenvalue weighted by Gasteiger charge is 2.25. The summed E-state index contributed by atoms with van der Waals surface area (Å²) in [7, 11) is 0. The van der Waals surface area contributed by atoms with Gasteiger partial charge in [-0.2, -0.15) is 0 Å². The van der Waals surface area contributed by atoms with Crippen molar-refractivity contribution in [3.8, 4) is 0 Å². The molecule has 1 fully saturated rings. The van der Waals surface area contributed by atoms with Crippen LogP contribution in [0.5, 0.6) is 0 Å². The molecule has 0 heterocycles. The van der Waals surface area contributed by atoms with Crippen LogP contribution in [-0.4, -0.2) is 5.78 Å². The molecule has 0 saturated heterocycles. The summed E-state index contributed by atoms with van der Waals surface area (Å²) in [6, 6.07) is 0. The number of hydrogen-bond donors (Lipinski definition) is 0. The monoisotopic (exact) mass is 224 g/mol. The molecule has 94 valence electrons. The van der Waals surface area contributed by atoms with Gasteiger partial charge in [-0.25, -0.2) is 0 Å². The fraction of sp³-hybridized carbons (Fsp3) is 0.933. The average molecular weight is 224 g/mol. The number of carbonyl (C=O) groups excluding carboxylic acids is 1. The Morgan fingerprint density at radius 1 is 1.25 bits per heavy atom. The predicted molar refractivity (Wildman–Crippen MR) is 69.4 cm³/mol. The molecule has 1 aliphatic rings. The van der Waals surface area contributed by atoms with Gasteiger partial charge in [0.1, 0.15) is 5.78 Å². The van der Waals surface area contributed by atoms with E-state index in [-0.39, 0.29) is 0 Å². The molecule has 3 atom stereocenters. The van der Waals surface area contributed by atoms with Crippen LogP contribution in [-0.2, 0) is 4.79 Å². The van der Waals surface area contributed by atoms with E-state index in [0.717, 1.165) is 31.1 Å². The minimum atomic E-state index is 0.405. The normalized spacial score (nSPS) is 25.4. The Bertz CT molecular complexity index is 209. The third-order valence-corrected chi connectivity index (χ3v) is 4.31. The van der Waals surface area contributed by atoms with E-state index in [9.17, 15) is 4.79 Å². The number of carbonyl (C=O) groups is 1. The number of ketones is 1. The second-order valence-electron chi connectivity index (χ2n) is 5.67. The molecule has 1 nitrogen and oxygen atoms in total. The van der Waals surface area contributed by atoms with E-state index < -0.39 is 0 Å². The lowest BCUT2D eigenvalue weighted by molar-refractivity contribution is -0.125. The molecule has 3 unspecified atom stereocenters. The summed E-state index contributed by atoms with van der Waals surface area (Å²) < 4.78 is 0. The standard InChI is InChI=1S/C15H28O/c1-4-12(3)10-13(5-2)11-14-8-6-7-9-15(14)16/h12-14H,4-11H2,1-3H3. The van der Waals surface area contributed by atoms with Crippen LogP contribution in [0, 0.1) is 17.8 Å². The number of Topliss-reactive ketones (excluding diaryl/α,β-unsaturated/α-hetero) is 1. The molecule has 1 heteroatoms. The second kappa shape index (κ2) is 7.09. The van der Waals surface area contributed by atoms with Crippen molar-refractivity contribution in [2.45, 2.75) is 72.1 Å². The Hall–Kier alpha value is -0.330. The van der Waals surface area contributed by atoms with Crippen LogP contribution in [0.2, 0.25) is 0 Å². The maximum atomic E-state index is 11.8. The van der Waals surface area contributed by atoms with E-state index in [1.54, 1.807) is 0 Å². The van der Waals surface area contributed by atoms with Crippen LogP contribution in [0.3, 0.4) is 0 Å². The molecule has 0 bridgehead atoms. The van der Waals surface area contributed by atoms with Gasteiger partial charge in [0.15, 0.2) is 0 Å². The third-order valence-electron chi connectivity index (χ3n) is 4.31. The van der Waals surface area contributed by atoms with Crippen molar-refractivity contribution in [1.29, 1.82) is 0 Å². The molecule has 0 aromatic carbocycles. The van der Waals surface area contributed by atoms with Gasteiger partial charge in [0.05, 0.1) is 0 Å². The van der Waals surface area contributed by atoms with Crippen LogP contribution in [0.1, 0.15) is 72.1 Å². The topological polar surface area (TPSA) is 17.1 Å². The summed E-state index contributed by atoms with van der Waals surface area (Å²) in [5.41, 5.74) is 0. The first-order chi connectivity index (χ1) is 7.67. The quantitative estimate of drug-likeness (QED) is 0.644. The summed E-state index contributed by atoms with van der Waals surface area (Å²) >= 11 is 0. The van der Waals surface area contributed by atoms with Crippen LogP contribution >= 0.6 is 0 Å². The van der Waals surface area contributed by atoms with Crippen molar-refractivity contribution in [2.24, 2.45) is 17.8 Å². The number of rotatable bonds is 6. The highest BCUT2D eigenvalue weighted by atomic mass is 16.1. The molecule has 0 radical (unpaired) electrons. The van der Waals surface area contributed by atoms with Crippen molar-refractivity contribution in [3.63, 3.8) is 0 Å². The van der Waals surface area contributed by atoms with E-state index in [1.165, 1.54) is 32.1 Å². The minimum Gasteiger partial charge on any atom is -0.299 e. The van der Waals surface area contributed by atoms with Crippen molar-refractivity contribution < 1.29 is 4.79 Å². The SMILES string of the molecule is CCC(C)CC(CC)CC1CCCCC1=O. The minimum absolute atomic E-state index is 0.405. The van der Waals surface area contributed by atoms with E-state index >= 15 is 0 Å². The van der Waals surface area contributed by atoms with Gasteiger partial charge in [0.2, 0.25) is 0 Å². The van der Waals surface area contributed by atoms with Gasteiger partial charge in [-0.3, -0.25) is 4.79 Å². The molecule has 0 spiro atoms. The molecule has 1 rings (SSSR count). The van der Waals surface area contributed by atoms with Gasteiger partial charge < -0.3 is 0 Å². The zero-order valence-corrected chi connectivity index (χ0v) is 11.3. The van der Waals surface area contributed by atoms with Gasteiger partial charge in [-0.1, -0.05) is 40.0 Å². The zero-order valence-electron chi connectivity index (χ0n) is 11.3. The summed E-state index contributed by atoms with van der Waals surface area (Å²) in [5, 5.41) is 0. The van der Waals surface area contributed by atoms with E-state index in [2.05, 4.69) is 20.8 Å². The van der Waals surface area contributed by atoms with Crippen LogP contribution in [0.15, 0.2) is 0 Å². The van der Waals surface area contributed by atoms with Gasteiger partial charge in [-0.15, -0.1) is 0 Å². The lowest BCUT2D eigenvalue weighted by Gasteiger charge is -2.26. The summed E-state index contributed by atoms with van der Waals surface area (Å²) in [6.45, 7) is 6.88. The average Bonchev–Trinajstić information content (AvgIpc) is 2.30. The summed E-state index contributed by atoms with van der Waals surface area (Å²) in [6.07, 6.45) is 9.42. The van der Waals surface area contributed by atoms with Gasteiger partial charge in [0, 0.05) is 12.3 Å². The highest BCUT2D eigenvalue weighted by Crippen LogP contribution is 2.31.